The van der Waals surface area contributed by atoms with E-state index in [9.17, 15) is 18.0 Å². The van der Waals surface area contributed by atoms with Gasteiger partial charge in [-0.25, -0.2) is 13.2 Å². The third kappa shape index (κ3) is 4.87. The van der Waals surface area contributed by atoms with Crippen LogP contribution in [0.4, 0.5) is 0 Å². The topological polar surface area (TPSA) is 92.8 Å². The number of sulfonamides is 1. The minimum atomic E-state index is -3.55. The minimum absolute atomic E-state index is 0.160. The Balaban J connectivity index is 1.62. The van der Waals surface area contributed by atoms with Crippen molar-refractivity contribution in [2.75, 3.05) is 13.1 Å². The molecule has 2 aliphatic rings. The summed E-state index contributed by atoms with van der Waals surface area (Å²) in [6, 6.07) is 5.87. The number of carbonyl (C=O) groups excluding carboxylic acids is 2. The van der Waals surface area contributed by atoms with E-state index in [2.05, 4.69) is 12.2 Å². The molecule has 8 heteroatoms. The zero-order valence-corrected chi connectivity index (χ0v) is 16.5. The second-order valence-corrected chi connectivity index (χ2v) is 9.38. The quantitative estimate of drug-likeness (QED) is 0.744. The first-order valence-corrected chi connectivity index (χ1v) is 10.8. The lowest BCUT2D eigenvalue weighted by Gasteiger charge is -2.29. The van der Waals surface area contributed by atoms with Gasteiger partial charge in [0.15, 0.2) is 6.10 Å². The number of amides is 1. The van der Waals surface area contributed by atoms with Gasteiger partial charge < -0.3 is 10.1 Å². The zero-order chi connectivity index (χ0) is 19.6. The van der Waals surface area contributed by atoms with E-state index in [1.807, 2.05) is 0 Å². The molecule has 1 aromatic rings. The Morgan fingerprint density at radius 1 is 1.11 bits per heavy atom. The largest absolute Gasteiger partial charge is 0.449 e. The lowest BCUT2D eigenvalue weighted by atomic mass is 10.0. The third-order valence-electron chi connectivity index (χ3n) is 5.05. The average Bonchev–Trinajstić information content (AvgIpc) is 3.46. The first-order chi connectivity index (χ1) is 12.8. The fourth-order valence-corrected chi connectivity index (χ4v) is 4.44. The fourth-order valence-electron chi connectivity index (χ4n) is 2.97. The zero-order valence-electron chi connectivity index (χ0n) is 15.7. The molecule has 1 saturated heterocycles. The Morgan fingerprint density at radius 3 is 2.26 bits per heavy atom. The van der Waals surface area contributed by atoms with Crippen molar-refractivity contribution in [3.63, 3.8) is 0 Å². The number of piperidine rings is 1. The molecule has 1 amide bonds. The van der Waals surface area contributed by atoms with Crippen molar-refractivity contribution in [2.45, 2.75) is 56.6 Å². The first-order valence-electron chi connectivity index (χ1n) is 9.39. The Bertz CT molecular complexity index is 794. The second kappa shape index (κ2) is 7.98. The molecule has 3 rings (SSSR count). The van der Waals surface area contributed by atoms with Crippen molar-refractivity contribution < 1.29 is 22.7 Å². The van der Waals surface area contributed by atoms with Gasteiger partial charge in [0.1, 0.15) is 0 Å². The van der Waals surface area contributed by atoms with Crippen molar-refractivity contribution in [3.05, 3.63) is 29.8 Å². The van der Waals surface area contributed by atoms with Crippen LogP contribution in [0.15, 0.2) is 29.2 Å². The van der Waals surface area contributed by atoms with Gasteiger partial charge in [-0.2, -0.15) is 4.31 Å². The van der Waals surface area contributed by atoms with Crippen LogP contribution in [0.1, 0.15) is 49.9 Å². The van der Waals surface area contributed by atoms with Crippen LogP contribution in [-0.4, -0.2) is 49.8 Å². The van der Waals surface area contributed by atoms with E-state index >= 15 is 0 Å². The van der Waals surface area contributed by atoms with Crippen molar-refractivity contribution in [3.8, 4) is 0 Å². The Morgan fingerprint density at radius 2 is 1.70 bits per heavy atom. The number of nitrogens with zero attached hydrogens (tertiary/aromatic N) is 1. The molecule has 1 aliphatic carbocycles. The van der Waals surface area contributed by atoms with Crippen LogP contribution in [0.2, 0.25) is 0 Å². The summed E-state index contributed by atoms with van der Waals surface area (Å²) in [5, 5.41) is 2.78. The number of rotatable bonds is 6. The van der Waals surface area contributed by atoms with E-state index in [1.165, 1.54) is 35.5 Å². The molecule has 1 saturated carbocycles. The number of ether oxygens (including phenoxy) is 1. The van der Waals surface area contributed by atoms with Crippen LogP contribution in [0.3, 0.4) is 0 Å². The summed E-state index contributed by atoms with van der Waals surface area (Å²) in [6.45, 7) is 4.67. The SMILES string of the molecule is CC1CCN(S(=O)(=O)c2ccc(C(=O)O[C@H](C)C(=O)NC3CC3)cc2)CC1. The molecule has 148 valence electrons. The van der Waals surface area contributed by atoms with Crippen LogP contribution in [0, 0.1) is 5.92 Å². The fraction of sp³-hybridized carbons (Fsp3) is 0.579. The minimum Gasteiger partial charge on any atom is -0.449 e. The van der Waals surface area contributed by atoms with Gasteiger partial charge in [-0.05, 0) is 62.8 Å². The normalized spacial score (nSPS) is 20.1. The maximum atomic E-state index is 12.7. The highest BCUT2D eigenvalue weighted by atomic mass is 32.2. The van der Waals surface area contributed by atoms with E-state index in [1.54, 1.807) is 0 Å². The molecule has 2 fully saturated rings. The summed E-state index contributed by atoms with van der Waals surface area (Å²) >= 11 is 0. The van der Waals surface area contributed by atoms with Gasteiger partial charge in [0.05, 0.1) is 10.5 Å². The first kappa shape index (κ1) is 19.8. The molecule has 27 heavy (non-hydrogen) atoms. The Labute approximate surface area is 160 Å². The molecule has 0 radical (unpaired) electrons. The Kier molecular flexibility index (Phi) is 5.86. The number of esters is 1. The van der Waals surface area contributed by atoms with Crippen LogP contribution in [-0.2, 0) is 19.6 Å². The molecular formula is C19H26N2O5S. The standard InChI is InChI=1S/C19H26N2O5S/c1-13-9-11-21(12-10-13)27(24,25)17-7-3-15(4-8-17)19(23)26-14(2)18(22)20-16-5-6-16/h3-4,7-8,13-14,16H,5-6,9-12H2,1-2H3,(H,20,22)/t14-/m1/s1. The predicted octanol–water partition coefficient (Wildman–Crippen LogP) is 1.93. The van der Waals surface area contributed by atoms with Gasteiger partial charge in [0.2, 0.25) is 10.0 Å². The number of nitrogens with one attached hydrogen (secondary N) is 1. The highest BCUT2D eigenvalue weighted by Crippen LogP contribution is 2.24. The lowest BCUT2D eigenvalue weighted by molar-refractivity contribution is -0.129. The van der Waals surface area contributed by atoms with E-state index in [-0.39, 0.29) is 22.4 Å². The Hall–Kier alpha value is -1.93. The van der Waals surface area contributed by atoms with Crippen molar-refractivity contribution >= 4 is 21.9 Å². The second-order valence-electron chi connectivity index (χ2n) is 7.44. The summed E-state index contributed by atoms with van der Waals surface area (Å²) in [7, 11) is -3.55. The number of hydrogen-bond donors (Lipinski definition) is 1. The van der Waals surface area contributed by atoms with Crippen molar-refractivity contribution in [2.24, 2.45) is 5.92 Å². The van der Waals surface area contributed by atoms with E-state index in [0.29, 0.717) is 19.0 Å². The average molecular weight is 394 g/mol. The highest BCUT2D eigenvalue weighted by Gasteiger charge is 2.29. The molecule has 1 aliphatic heterocycles. The molecule has 0 aromatic heterocycles. The van der Waals surface area contributed by atoms with Gasteiger partial charge in [-0.1, -0.05) is 6.92 Å². The van der Waals surface area contributed by atoms with Crippen molar-refractivity contribution in [1.82, 2.24) is 9.62 Å². The molecule has 1 heterocycles. The summed E-state index contributed by atoms with van der Waals surface area (Å²) < 4.78 is 32.1. The number of hydrogen-bond acceptors (Lipinski definition) is 5. The lowest BCUT2D eigenvalue weighted by Crippen LogP contribution is -2.38. The molecule has 0 bridgehead atoms. The van der Waals surface area contributed by atoms with Crippen LogP contribution < -0.4 is 5.32 Å². The highest BCUT2D eigenvalue weighted by molar-refractivity contribution is 7.89. The monoisotopic (exact) mass is 394 g/mol. The summed E-state index contributed by atoms with van der Waals surface area (Å²) in [5.41, 5.74) is 0.215. The van der Waals surface area contributed by atoms with Crippen molar-refractivity contribution in [1.29, 1.82) is 0 Å². The third-order valence-corrected chi connectivity index (χ3v) is 6.96. The predicted molar refractivity (Wildman–Crippen MR) is 99.6 cm³/mol. The molecular weight excluding hydrogens is 368 g/mol. The van der Waals surface area contributed by atoms with Crippen LogP contribution in [0.5, 0.6) is 0 Å². The summed E-state index contributed by atoms with van der Waals surface area (Å²) in [6.07, 6.45) is 2.72. The van der Waals surface area contributed by atoms with Gasteiger partial charge in [-0.15, -0.1) is 0 Å². The molecule has 1 atom stereocenters. The molecule has 0 unspecified atom stereocenters. The molecule has 7 nitrogen and oxygen atoms in total. The van der Waals surface area contributed by atoms with Gasteiger partial charge >= 0.3 is 5.97 Å². The maximum absolute atomic E-state index is 12.7. The van der Waals surface area contributed by atoms with E-state index in [4.69, 9.17) is 4.74 Å². The van der Waals surface area contributed by atoms with Crippen LogP contribution >= 0.6 is 0 Å². The summed E-state index contributed by atoms with van der Waals surface area (Å²) in [5.74, 6) is -0.429. The van der Waals surface area contributed by atoms with E-state index in [0.717, 1.165) is 25.7 Å². The smallest absolute Gasteiger partial charge is 0.338 e. The van der Waals surface area contributed by atoms with Gasteiger partial charge in [-0.3, -0.25) is 4.79 Å². The van der Waals surface area contributed by atoms with Gasteiger partial charge in [0, 0.05) is 19.1 Å². The number of benzene rings is 1. The summed E-state index contributed by atoms with van der Waals surface area (Å²) in [4.78, 5) is 24.2. The molecule has 1 aromatic carbocycles. The number of carbonyl (C=O) groups is 2. The van der Waals surface area contributed by atoms with Gasteiger partial charge in [0.25, 0.3) is 5.91 Å². The molecule has 0 spiro atoms. The van der Waals surface area contributed by atoms with E-state index < -0.39 is 22.1 Å². The van der Waals surface area contributed by atoms with Crippen LogP contribution in [0.25, 0.3) is 0 Å². The maximum Gasteiger partial charge on any atom is 0.338 e. The molecule has 1 N–H and O–H groups in total.